The molecule has 0 unspecified atom stereocenters. The predicted octanol–water partition coefficient (Wildman–Crippen LogP) is 2.47. The predicted molar refractivity (Wildman–Crippen MR) is 70.6 cm³/mol. The van der Waals surface area contributed by atoms with Crippen molar-refractivity contribution in [3.05, 3.63) is 30.2 Å². The van der Waals surface area contributed by atoms with Crippen LogP contribution in [0.4, 0.5) is 0 Å². The third-order valence-electron chi connectivity index (χ3n) is 3.53. The molecule has 1 heterocycles. The van der Waals surface area contributed by atoms with Crippen LogP contribution in [0.15, 0.2) is 28.8 Å². The van der Waals surface area contributed by atoms with Gasteiger partial charge in [0.15, 0.2) is 0 Å². The highest BCUT2D eigenvalue weighted by Crippen LogP contribution is 2.38. The van der Waals surface area contributed by atoms with Gasteiger partial charge in [-0.2, -0.15) is 4.98 Å². The Hall–Kier alpha value is -1.88. The molecule has 0 spiro atoms. The molecule has 1 aliphatic carbocycles. The number of aromatic nitrogens is 2. The van der Waals surface area contributed by atoms with Crippen LogP contribution in [0.1, 0.15) is 32.1 Å². The number of hydrogen-bond acceptors (Lipinski definition) is 5. The first-order valence-electron chi connectivity index (χ1n) is 6.58. The minimum absolute atomic E-state index is 0.425. The Labute approximate surface area is 111 Å². The third kappa shape index (κ3) is 2.10. The van der Waals surface area contributed by atoms with E-state index in [4.69, 9.17) is 15.0 Å². The Kier molecular flexibility index (Phi) is 2.98. The van der Waals surface area contributed by atoms with Crippen molar-refractivity contribution >= 4 is 0 Å². The van der Waals surface area contributed by atoms with Gasteiger partial charge in [-0.05, 0) is 38.3 Å². The standard InChI is InChI=1S/C14H17N3O2/c1-2-18-11-7-4-3-6-10(11)12-16-13(19-17-12)14(15)8-5-9-14/h3-4,6-7H,2,5,8-9,15H2,1H3. The first kappa shape index (κ1) is 12.2. The van der Waals surface area contributed by atoms with Crippen LogP contribution in [0.5, 0.6) is 5.75 Å². The fourth-order valence-corrected chi connectivity index (χ4v) is 2.24. The number of hydrogen-bond donors (Lipinski definition) is 1. The molecule has 0 aliphatic heterocycles. The molecule has 0 amide bonds. The molecular formula is C14H17N3O2. The number of nitrogens with zero attached hydrogens (tertiary/aromatic N) is 2. The molecule has 0 atom stereocenters. The average molecular weight is 259 g/mol. The van der Waals surface area contributed by atoms with Crippen molar-refractivity contribution in [1.29, 1.82) is 0 Å². The minimum atomic E-state index is -0.425. The lowest BCUT2D eigenvalue weighted by Gasteiger charge is -2.33. The van der Waals surface area contributed by atoms with Crippen LogP contribution in [-0.4, -0.2) is 16.7 Å². The van der Waals surface area contributed by atoms with Gasteiger partial charge in [0.2, 0.25) is 11.7 Å². The molecule has 1 saturated carbocycles. The summed E-state index contributed by atoms with van der Waals surface area (Å²) >= 11 is 0. The summed E-state index contributed by atoms with van der Waals surface area (Å²) in [4.78, 5) is 4.43. The number of nitrogens with two attached hydrogens (primary N) is 1. The van der Waals surface area contributed by atoms with Crippen LogP contribution in [0, 0.1) is 0 Å². The van der Waals surface area contributed by atoms with Gasteiger partial charge in [-0.15, -0.1) is 0 Å². The molecule has 1 aromatic carbocycles. The maximum absolute atomic E-state index is 6.18. The lowest BCUT2D eigenvalue weighted by Crippen LogP contribution is -2.43. The van der Waals surface area contributed by atoms with E-state index < -0.39 is 5.54 Å². The highest BCUT2D eigenvalue weighted by molar-refractivity contribution is 5.63. The molecule has 1 aliphatic rings. The van der Waals surface area contributed by atoms with Crippen molar-refractivity contribution in [3.8, 4) is 17.1 Å². The van der Waals surface area contributed by atoms with Gasteiger partial charge in [0.05, 0.1) is 17.7 Å². The van der Waals surface area contributed by atoms with Gasteiger partial charge >= 0.3 is 0 Å². The van der Waals surface area contributed by atoms with E-state index in [1.165, 1.54) is 0 Å². The summed E-state index contributed by atoms with van der Waals surface area (Å²) in [5.41, 5.74) is 6.60. The van der Waals surface area contributed by atoms with Crippen molar-refractivity contribution in [3.63, 3.8) is 0 Å². The lowest BCUT2D eigenvalue weighted by molar-refractivity contribution is 0.181. The molecule has 100 valence electrons. The molecule has 19 heavy (non-hydrogen) atoms. The van der Waals surface area contributed by atoms with Gasteiger partial charge in [0, 0.05) is 0 Å². The summed E-state index contributed by atoms with van der Waals surface area (Å²) in [7, 11) is 0. The molecular weight excluding hydrogens is 242 g/mol. The molecule has 0 bridgehead atoms. The molecule has 0 saturated heterocycles. The van der Waals surface area contributed by atoms with Gasteiger partial charge in [0.25, 0.3) is 0 Å². The van der Waals surface area contributed by atoms with E-state index >= 15 is 0 Å². The molecule has 3 rings (SSSR count). The van der Waals surface area contributed by atoms with Crippen molar-refractivity contribution in [2.45, 2.75) is 31.7 Å². The first-order valence-corrected chi connectivity index (χ1v) is 6.58. The zero-order valence-electron chi connectivity index (χ0n) is 10.9. The Morgan fingerprint density at radius 1 is 1.37 bits per heavy atom. The molecule has 1 aromatic heterocycles. The summed E-state index contributed by atoms with van der Waals surface area (Å²) in [6.07, 6.45) is 2.92. The Bertz CT molecular complexity index is 576. The largest absolute Gasteiger partial charge is 0.493 e. The van der Waals surface area contributed by atoms with Crippen molar-refractivity contribution in [2.75, 3.05) is 6.61 Å². The quantitative estimate of drug-likeness (QED) is 0.913. The van der Waals surface area contributed by atoms with E-state index in [1.54, 1.807) is 0 Å². The maximum atomic E-state index is 6.18. The maximum Gasteiger partial charge on any atom is 0.247 e. The van der Waals surface area contributed by atoms with Gasteiger partial charge in [-0.1, -0.05) is 17.3 Å². The number of rotatable bonds is 4. The Morgan fingerprint density at radius 3 is 2.84 bits per heavy atom. The normalized spacial score (nSPS) is 16.9. The molecule has 2 aromatic rings. The van der Waals surface area contributed by atoms with Gasteiger partial charge in [-0.25, -0.2) is 0 Å². The summed E-state index contributed by atoms with van der Waals surface area (Å²) in [5, 5.41) is 4.03. The van der Waals surface area contributed by atoms with E-state index in [0.717, 1.165) is 30.6 Å². The fourth-order valence-electron chi connectivity index (χ4n) is 2.24. The second kappa shape index (κ2) is 4.66. The monoisotopic (exact) mass is 259 g/mol. The lowest BCUT2D eigenvalue weighted by atomic mass is 9.78. The highest BCUT2D eigenvalue weighted by Gasteiger charge is 2.40. The molecule has 5 nitrogen and oxygen atoms in total. The Morgan fingerprint density at radius 2 is 2.16 bits per heavy atom. The highest BCUT2D eigenvalue weighted by atomic mass is 16.5. The summed E-state index contributed by atoms with van der Waals surface area (Å²) in [6.45, 7) is 2.55. The summed E-state index contributed by atoms with van der Waals surface area (Å²) in [6, 6.07) is 7.67. The number of benzene rings is 1. The second-order valence-electron chi connectivity index (χ2n) is 4.86. The zero-order chi connectivity index (χ0) is 13.3. The third-order valence-corrected chi connectivity index (χ3v) is 3.53. The van der Waals surface area contributed by atoms with E-state index in [1.807, 2.05) is 31.2 Å². The molecule has 2 N–H and O–H groups in total. The van der Waals surface area contributed by atoms with Crippen molar-refractivity contribution in [1.82, 2.24) is 10.1 Å². The van der Waals surface area contributed by atoms with Crippen LogP contribution >= 0.6 is 0 Å². The van der Waals surface area contributed by atoms with Crippen LogP contribution in [0.3, 0.4) is 0 Å². The van der Waals surface area contributed by atoms with Crippen molar-refractivity contribution in [2.24, 2.45) is 5.73 Å². The van der Waals surface area contributed by atoms with Crippen LogP contribution in [0.25, 0.3) is 11.4 Å². The topological polar surface area (TPSA) is 74.2 Å². The molecule has 5 heteroatoms. The van der Waals surface area contributed by atoms with Gasteiger partial charge in [0.1, 0.15) is 5.75 Å². The Balaban J connectivity index is 1.94. The second-order valence-corrected chi connectivity index (χ2v) is 4.86. The van der Waals surface area contributed by atoms with Crippen LogP contribution in [0.2, 0.25) is 0 Å². The first-order chi connectivity index (χ1) is 9.23. The minimum Gasteiger partial charge on any atom is -0.493 e. The average Bonchev–Trinajstić information content (AvgIpc) is 2.87. The van der Waals surface area contributed by atoms with Gasteiger partial charge < -0.3 is 15.0 Å². The number of para-hydroxylation sites is 1. The van der Waals surface area contributed by atoms with E-state index in [-0.39, 0.29) is 0 Å². The fraction of sp³-hybridized carbons (Fsp3) is 0.429. The van der Waals surface area contributed by atoms with E-state index in [0.29, 0.717) is 18.3 Å². The summed E-state index contributed by atoms with van der Waals surface area (Å²) in [5.74, 6) is 1.83. The van der Waals surface area contributed by atoms with E-state index in [9.17, 15) is 0 Å². The smallest absolute Gasteiger partial charge is 0.247 e. The van der Waals surface area contributed by atoms with Crippen LogP contribution in [-0.2, 0) is 5.54 Å². The summed E-state index contributed by atoms with van der Waals surface area (Å²) < 4.78 is 10.9. The van der Waals surface area contributed by atoms with Gasteiger partial charge in [-0.3, -0.25) is 0 Å². The SMILES string of the molecule is CCOc1ccccc1-c1noc(C2(N)CCC2)n1. The zero-order valence-corrected chi connectivity index (χ0v) is 10.9. The number of ether oxygens (including phenoxy) is 1. The molecule has 1 fully saturated rings. The van der Waals surface area contributed by atoms with Crippen LogP contribution < -0.4 is 10.5 Å². The van der Waals surface area contributed by atoms with E-state index in [2.05, 4.69) is 10.1 Å². The van der Waals surface area contributed by atoms with Crippen molar-refractivity contribution < 1.29 is 9.26 Å². The molecule has 0 radical (unpaired) electrons.